The molecule has 0 aliphatic carbocycles. The maximum absolute atomic E-state index is 12.4. The predicted octanol–water partition coefficient (Wildman–Crippen LogP) is 2.01. The van der Waals surface area contributed by atoms with Crippen molar-refractivity contribution in [2.75, 3.05) is 19.6 Å². The number of hydrogen-bond donors (Lipinski definition) is 1. The van der Waals surface area contributed by atoms with E-state index in [9.17, 15) is 13.2 Å². The van der Waals surface area contributed by atoms with Crippen molar-refractivity contribution in [1.29, 1.82) is 0 Å². The van der Waals surface area contributed by atoms with Gasteiger partial charge in [0.05, 0.1) is 4.90 Å². The van der Waals surface area contributed by atoms with E-state index in [1.54, 1.807) is 19.1 Å². The van der Waals surface area contributed by atoms with Crippen LogP contribution >= 0.6 is 0 Å². The van der Waals surface area contributed by atoms with Crippen molar-refractivity contribution in [2.24, 2.45) is 5.92 Å². The molecule has 0 radical (unpaired) electrons. The van der Waals surface area contributed by atoms with Crippen molar-refractivity contribution in [3.05, 3.63) is 24.3 Å². The Morgan fingerprint density at radius 2 is 1.75 bits per heavy atom. The molecule has 1 amide bonds. The Hall–Kier alpha value is -1.60. The number of rotatable bonds is 7. The Morgan fingerprint density at radius 1 is 1.17 bits per heavy atom. The Morgan fingerprint density at radius 3 is 2.29 bits per heavy atom. The van der Waals surface area contributed by atoms with E-state index in [1.807, 2.05) is 13.8 Å². The van der Waals surface area contributed by atoms with Gasteiger partial charge in [-0.3, -0.25) is 4.79 Å². The van der Waals surface area contributed by atoms with Gasteiger partial charge in [0.2, 0.25) is 10.0 Å². The number of carbonyl (C=O) groups excluding carboxylic acids is 1. The zero-order chi connectivity index (χ0) is 17.7. The van der Waals surface area contributed by atoms with Gasteiger partial charge >= 0.3 is 0 Å². The van der Waals surface area contributed by atoms with Crippen LogP contribution in [0.25, 0.3) is 0 Å². The lowest BCUT2D eigenvalue weighted by molar-refractivity contribution is -0.127. The maximum atomic E-state index is 12.4. The van der Waals surface area contributed by atoms with Crippen molar-refractivity contribution in [3.8, 4) is 5.75 Å². The Kier molecular flexibility index (Phi) is 6.23. The van der Waals surface area contributed by atoms with E-state index >= 15 is 0 Å². The van der Waals surface area contributed by atoms with Gasteiger partial charge in [0.25, 0.3) is 5.91 Å². The van der Waals surface area contributed by atoms with Gasteiger partial charge in [0, 0.05) is 19.6 Å². The molecule has 24 heavy (non-hydrogen) atoms. The minimum atomic E-state index is -3.42. The molecule has 7 heteroatoms. The van der Waals surface area contributed by atoms with Gasteiger partial charge in [-0.15, -0.1) is 0 Å². The molecule has 1 heterocycles. The van der Waals surface area contributed by atoms with E-state index in [1.165, 1.54) is 16.4 Å². The highest BCUT2D eigenvalue weighted by atomic mass is 32.2. The second-order valence-corrected chi connectivity index (χ2v) is 8.42. The molecule has 134 valence electrons. The van der Waals surface area contributed by atoms with Crippen LogP contribution in [0.4, 0.5) is 0 Å². The molecule has 2 rings (SSSR count). The minimum absolute atomic E-state index is 0.183. The molecule has 1 atom stereocenters. The SMILES string of the molecule is CC(C)CNC(=O)[C@@H](C)Oc1ccc(S(=O)(=O)N2CCCC2)cc1. The summed E-state index contributed by atoms with van der Waals surface area (Å²) in [6, 6.07) is 6.24. The van der Waals surface area contributed by atoms with Crippen molar-refractivity contribution < 1.29 is 17.9 Å². The lowest BCUT2D eigenvalue weighted by Crippen LogP contribution is -2.38. The van der Waals surface area contributed by atoms with E-state index in [0.29, 0.717) is 31.3 Å². The zero-order valence-corrected chi connectivity index (χ0v) is 15.3. The molecule has 1 aromatic carbocycles. The predicted molar refractivity (Wildman–Crippen MR) is 92.4 cm³/mol. The average Bonchev–Trinajstić information content (AvgIpc) is 3.08. The molecular formula is C17H26N2O4S. The van der Waals surface area contributed by atoms with Crippen molar-refractivity contribution in [1.82, 2.24) is 9.62 Å². The Balaban J connectivity index is 1.98. The molecule has 1 aliphatic rings. The van der Waals surface area contributed by atoms with Gasteiger partial charge < -0.3 is 10.1 Å². The third-order valence-electron chi connectivity index (χ3n) is 3.89. The van der Waals surface area contributed by atoms with Crippen molar-refractivity contribution in [2.45, 2.75) is 44.6 Å². The van der Waals surface area contributed by atoms with Crippen molar-refractivity contribution in [3.63, 3.8) is 0 Å². The number of carbonyl (C=O) groups is 1. The molecule has 1 aromatic rings. The van der Waals surface area contributed by atoms with E-state index in [0.717, 1.165) is 12.8 Å². The third kappa shape index (κ3) is 4.70. The molecular weight excluding hydrogens is 328 g/mol. The summed E-state index contributed by atoms with van der Waals surface area (Å²) in [5.74, 6) is 0.663. The molecule has 0 unspecified atom stereocenters. The number of amides is 1. The van der Waals surface area contributed by atoms with Gasteiger partial charge in [-0.1, -0.05) is 13.8 Å². The highest BCUT2D eigenvalue weighted by Crippen LogP contribution is 2.23. The normalized spacial score (nSPS) is 17.0. The van der Waals surface area contributed by atoms with Crippen LogP contribution < -0.4 is 10.1 Å². The highest BCUT2D eigenvalue weighted by Gasteiger charge is 2.27. The topological polar surface area (TPSA) is 75.7 Å². The summed E-state index contributed by atoms with van der Waals surface area (Å²) < 4.78 is 32.0. The number of ether oxygens (including phenoxy) is 1. The molecule has 0 bridgehead atoms. The Labute approximate surface area is 144 Å². The average molecular weight is 354 g/mol. The van der Waals surface area contributed by atoms with Crippen LogP contribution in [0.1, 0.15) is 33.6 Å². The lowest BCUT2D eigenvalue weighted by Gasteiger charge is -2.17. The fraction of sp³-hybridized carbons (Fsp3) is 0.588. The fourth-order valence-electron chi connectivity index (χ4n) is 2.47. The monoisotopic (exact) mass is 354 g/mol. The molecule has 1 aliphatic heterocycles. The lowest BCUT2D eigenvalue weighted by atomic mass is 10.2. The van der Waals surface area contributed by atoms with Gasteiger partial charge in [0.15, 0.2) is 6.10 Å². The van der Waals surface area contributed by atoms with Crippen LogP contribution in [0, 0.1) is 5.92 Å². The maximum Gasteiger partial charge on any atom is 0.260 e. The van der Waals surface area contributed by atoms with Gasteiger partial charge in [-0.25, -0.2) is 8.42 Å². The summed E-state index contributed by atoms with van der Waals surface area (Å²) in [7, 11) is -3.42. The molecule has 0 aromatic heterocycles. The summed E-state index contributed by atoms with van der Waals surface area (Å²) in [6.07, 6.45) is 1.18. The van der Waals surface area contributed by atoms with Crippen LogP contribution in [-0.2, 0) is 14.8 Å². The van der Waals surface area contributed by atoms with E-state index in [-0.39, 0.29) is 10.8 Å². The molecule has 0 spiro atoms. The highest BCUT2D eigenvalue weighted by molar-refractivity contribution is 7.89. The van der Waals surface area contributed by atoms with Crippen LogP contribution in [0.3, 0.4) is 0 Å². The first kappa shape index (κ1) is 18.7. The van der Waals surface area contributed by atoms with Gasteiger partial charge in [0.1, 0.15) is 5.75 Å². The zero-order valence-electron chi connectivity index (χ0n) is 14.5. The smallest absolute Gasteiger partial charge is 0.260 e. The molecule has 1 saturated heterocycles. The summed E-state index contributed by atoms with van der Waals surface area (Å²) in [5.41, 5.74) is 0. The standard InChI is InChI=1S/C17H26N2O4S/c1-13(2)12-18-17(20)14(3)23-15-6-8-16(9-7-15)24(21,22)19-10-4-5-11-19/h6-9,13-14H,4-5,10-12H2,1-3H3,(H,18,20)/t14-/m1/s1. The largest absolute Gasteiger partial charge is 0.481 e. The van der Waals surface area contributed by atoms with Crippen LogP contribution in [0.15, 0.2) is 29.2 Å². The number of benzene rings is 1. The quantitative estimate of drug-likeness (QED) is 0.813. The molecule has 6 nitrogen and oxygen atoms in total. The molecule has 1 fully saturated rings. The Bertz CT molecular complexity index is 650. The first-order chi connectivity index (χ1) is 11.3. The first-order valence-electron chi connectivity index (χ1n) is 8.35. The summed E-state index contributed by atoms with van der Waals surface area (Å²) in [6.45, 7) is 7.46. The number of sulfonamides is 1. The van der Waals surface area contributed by atoms with E-state index in [4.69, 9.17) is 4.74 Å². The molecule has 1 N–H and O–H groups in total. The summed E-state index contributed by atoms with van der Waals surface area (Å²) >= 11 is 0. The minimum Gasteiger partial charge on any atom is -0.481 e. The second kappa shape index (κ2) is 7.98. The summed E-state index contributed by atoms with van der Waals surface area (Å²) in [4.78, 5) is 12.2. The van der Waals surface area contributed by atoms with Gasteiger partial charge in [-0.05, 0) is 49.9 Å². The number of hydrogen-bond acceptors (Lipinski definition) is 4. The van der Waals surface area contributed by atoms with Crippen LogP contribution in [0.5, 0.6) is 5.75 Å². The first-order valence-corrected chi connectivity index (χ1v) is 9.79. The fourth-order valence-corrected chi connectivity index (χ4v) is 3.99. The van der Waals surface area contributed by atoms with Crippen molar-refractivity contribution >= 4 is 15.9 Å². The number of nitrogens with one attached hydrogen (secondary N) is 1. The number of nitrogens with zero attached hydrogens (tertiary/aromatic N) is 1. The van der Waals surface area contributed by atoms with E-state index in [2.05, 4.69) is 5.32 Å². The molecule has 0 saturated carbocycles. The van der Waals surface area contributed by atoms with E-state index < -0.39 is 16.1 Å². The van der Waals surface area contributed by atoms with Crippen LogP contribution in [-0.4, -0.2) is 44.4 Å². The van der Waals surface area contributed by atoms with Gasteiger partial charge in [-0.2, -0.15) is 4.31 Å². The summed E-state index contributed by atoms with van der Waals surface area (Å²) in [5, 5.41) is 2.81. The third-order valence-corrected chi connectivity index (χ3v) is 5.81. The second-order valence-electron chi connectivity index (χ2n) is 6.48. The van der Waals surface area contributed by atoms with Crippen LogP contribution in [0.2, 0.25) is 0 Å².